The van der Waals surface area contributed by atoms with E-state index in [0.717, 1.165) is 15.4 Å². The maximum atomic E-state index is 13.2. The minimum atomic E-state index is -0.948. The number of imide groups is 1. The van der Waals surface area contributed by atoms with Crippen LogP contribution in [0, 0.1) is 10.1 Å². The Kier molecular flexibility index (Phi) is 5.33. The molecule has 1 aliphatic carbocycles. The van der Waals surface area contributed by atoms with E-state index in [-0.39, 0.29) is 28.7 Å². The molecular weight excluding hydrogens is 478 g/mol. The molecule has 0 spiro atoms. The molecule has 0 bridgehead atoms. The summed E-state index contributed by atoms with van der Waals surface area (Å²) < 4.78 is 0.806. The maximum Gasteiger partial charge on any atom is 0.288 e. The predicted molar refractivity (Wildman–Crippen MR) is 112 cm³/mol. The molecule has 3 amide bonds. The van der Waals surface area contributed by atoms with E-state index in [1.165, 1.54) is 17.0 Å². The minimum absolute atomic E-state index is 0.0559. The van der Waals surface area contributed by atoms with Crippen molar-refractivity contribution in [3.05, 3.63) is 67.6 Å². The van der Waals surface area contributed by atoms with E-state index in [0.29, 0.717) is 18.5 Å². The third kappa shape index (κ3) is 3.70. The number of nitrogens with zero attached hydrogens (tertiary/aromatic N) is 3. The molecule has 0 aromatic heterocycles. The van der Waals surface area contributed by atoms with Gasteiger partial charge in [-0.15, -0.1) is 0 Å². The van der Waals surface area contributed by atoms with E-state index >= 15 is 0 Å². The van der Waals surface area contributed by atoms with Crippen molar-refractivity contribution in [1.29, 1.82) is 0 Å². The van der Waals surface area contributed by atoms with Crippen LogP contribution in [-0.4, -0.2) is 39.6 Å². The van der Waals surface area contributed by atoms with Crippen molar-refractivity contribution in [2.45, 2.75) is 31.3 Å². The summed E-state index contributed by atoms with van der Waals surface area (Å²) >= 11 is 9.16. The Hall–Kier alpha value is -2.78. The van der Waals surface area contributed by atoms with Crippen LogP contribution in [0.3, 0.4) is 0 Å². The summed E-state index contributed by atoms with van der Waals surface area (Å²) in [5, 5.41) is 11.1. The number of nitro groups is 1. The third-order valence-electron chi connectivity index (χ3n) is 5.11. The van der Waals surface area contributed by atoms with E-state index in [2.05, 4.69) is 15.9 Å². The van der Waals surface area contributed by atoms with Gasteiger partial charge in [0.15, 0.2) is 0 Å². The number of anilines is 1. The first-order valence-corrected chi connectivity index (χ1v) is 10.3. The quantitative estimate of drug-likeness (QED) is 0.357. The van der Waals surface area contributed by atoms with Gasteiger partial charge in [-0.3, -0.25) is 24.5 Å². The number of benzene rings is 2. The topological polar surface area (TPSA) is 101 Å². The first-order chi connectivity index (χ1) is 14.3. The van der Waals surface area contributed by atoms with Crippen molar-refractivity contribution in [2.24, 2.45) is 0 Å². The number of halogens is 2. The third-order valence-corrected chi connectivity index (χ3v) is 5.96. The molecule has 2 aliphatic rings. The van der Waals surface area contributed by atoms with Crippen molar-refractivity contribution >= 4 is 56.6 Å². The van der Waals surface area contributed by atoms with Crippen LogP contribution in [0.15, 0.2) is 46.9 Å². The van der Waals surface area contributed by atoms with E-state index in [1.807, 2.05) is 0 Å². The lowest BCUT2D eigenvalue weighted by molar-refractivity contribution is -0.384. The first kappa shape index (κ1) is 20.5. The maximum absolute atomic E-state index is 13.2. The fraction of sp³-hybridized carbons (Fsp3) is 0.250. The van der Waals surface area contributed by atoms with Crippen molar-refractivity contribution in [1.82, 2.24) is 4.90 Å². The molecule has 4 rings (SSSR count). The summed E-state index contributed by atoms with van der Waals surface area (Å²) in [5.41, 5.74) is 0.102. The van der Waals surface area contributed by atoms with Crippen molar-refractivity contribution < 1.29 is 19.3 Å². The standard InChI is InChI=1S/C20H15BrClN3O5/c21-12-2-4-14(5-3-12)24-18(26)10-17(20(24)28)23(13-6-7-13)19(27)11-1-8-15(22)16(9-11)25(29)30/h1-5,8-9,13,17H,6-7,10H2. The van der Waals surface area contributed by atoms with Crippen LogP contribution in [0.5, 0.6) is 0 Å². The molecule has 0 radical (unpaired) electrons. The van der Waals surface area contributed by atoms with Gasteiger partial charge in [0.2, 0.25) is 5.91 Å². The van der Waals surface area contributed by atoms with Gasteiger partial charge in [0.1, 0.15) is 11.1 Å². The number of nitro benzene ring substituents is 1. The highest BCUT2D eigenvalue weighted by molar-refractivity contribution is 9.10. The van der Waals surface area contributed by atoms with Gasteiger partial charge in [0.05, 0.1) is 17.0 Å². The minimum Gasteiger partial charge on any atom is -0.323 e. The summed E-state index contributed by atoms with van der Waals surface area (Å²) in [6.07, 6.45) is 1.28. The summed E-state index contributed by atoms with van der Waals surface area (Å²) in [6, 6.07) is 9.39. The van der Waals surface area contributed by atoms with E-state index in [9.17, 15) is 24.5 Å². The lowest BCUT2D eigenvalue weighted by Crippen LogP contribution is -2.46. The zero-order valence-electron chi connectivity index (χ0n) is 15.5. The number of carbonyl (C=O) groups excluding carboxylic acids is 3. The Balaban J connectivity index is 1.65. The van der Waals surface area contributed by atoms with E-state index in [1.54, 1.807) is 24.3 Å². The zero-order chi connectivity index (χ0) is 21.6. The molecule has 1 aliphatic heterocycles. The van der Waals surface area contributed by atoms with Crippen LogP contribution in [0.4, 0.5) is 11.4 Å². The molecule has 1 heterocycles. The Morgan fingerprint density at radius 3 is 2.43 bits per heavy atom. The molecule has 10 heteroatoms. The lowest BCUT2D eigenvalue weighted by atomic mass is 10.1. The smallest absolute Gasteiger partial charge is 0.288 e. The van der Waals surface area contributed by atoms with Crippen LogP contribution >= 0.6 is 27.5 Å². The van der Waals surface area contributed by atoms with Gasteiger partial charge in [0.25, 0.3) is 17.5 Å². The molecule has 154 valence electrons. The van der Waals surface area contributed by atoms with Crippen molar-refractivity contribution in [3.8, 4) is 0 Å². The predicted octanol–water partition coefficient (Wildman–Crippen LogP) is 3.95. The molecule has 1 unspecified atom stereocenters. The van der Waals surface area contributed by atoms with Crippen LogP contribution < -0.4 is 4.90 Å². The first-order valence-electron chi connectivity index (χ1n) is 9.17. The number of rotatable bonds is 5. The van der Waals surface area contributed by atoms with Crippen molar-refractivity contribution in [3.63, 3.8) is 0 Å². The van der Waals surface area contributed by atoms with E-state index < -0.39 is 28.7 Å². The SMILES string of the molecule is O=C1CC(N(C(=O)c2ccc(Cl)c([N+](=O)[O-])c2)C2CC2)C(=O)N1c1ccc(Br)cc1. The second-order valence-electron chi connectivity index (χ2n) is 7.13. The van der Waals surface area contributed by atoms with Gasteiger partial charge in [-0.05, 0) is 49.2 Å². The highest BCUT2D eigenvalue weighted by Gasteiger charge is 2.49. The fourth-order valence-electron chi connectivity index (χ4n) is 3.54. The molecule has 8 nitrogen and oxygen atoms in total. The molecule has 2 aromatic carbocycles. The largest absolute Gasteiger partial charge is 0.323 e. The summed E-state index contributed by atoms with van der Waals surface area (Å²) in [4.78, 5) is 51.9. The van der Waals surface area contributed by atoms with Crippen LogP contribution in [0.2, 0.25) is 5.02 Å². The van der Waals surface area contributed by atoms with Gasteiger partial charge in [-0.2, -0.15) is 0 Å². The van der Waals surface area contributed by atoms with Gasteiger partial charge >= 0.3 is 0 Å². The molecular formula is C20H15BrClN3O5. The number of hydrogen-bond acceptors (Lipinski definition) is 5. The zero-order valence-corrected chi connectivity index (χ0v) is 17.8. The Bertz CT molecular complexity index is 1070. The Morgan fingerprint density at radius 2 is 1.83 bits per heavy atom. The average molecular weight is 493 g/mol. The summed E-state index contributed by atoms with van der Waals surface area (Å²) in [6.45, 7) is 0. The highest BCUT2D eigenvalue weighted by atomic mass is 79.9. The van der Waals surface area contributed by atoms with Crippen LogP contribution in [0.25, 0.3) is 0 Å². The lowest BCUT2D eigenvalue weighted by Gasteiger charge is -2.27. The second-order valence-corrected chi connectivity index (χ2v) is 8.45. The van der Waals surface area contributed by atoms with E-state index in [4.69, 9.17) is 11.6 Å². The molecule has 1 atom stereocenters. The Morgan fingerprint density at radius 1 is 1.17 bits per heavy atom. The number of hydrogen-bond donors (Lipinski definition) is 0. The molecule has 2 aromatic rings. The molecule has 0 N–H and O–H groups in total. The number of amides is 3. The van der Waals surface area contributed by atoms with Crippen LogP contribution in [0.1, 0.15) is 29.6 Å². The Labute approximate surface area is 184 Å². The molecule has 2 fully saturated rings. The molecule has 1 saturated heterocycles. The molecule has 30 heavy (non-hydrogen) atoms. The van der Waals surface area contributed by atoms with Gasteiger partial charge in [0, 0.05) is 22.1 Å². The average Bonchev–Trinajstić information content (AvgIpc) is 3.49. The highest BCUT2D eigenvalue weighted by Crippen LogP contribution is 2.36. The van der Waals surface area contributed by atoms with Crippen molar-refractivity contribution in [2.75, 3.05) is 4.90 Å². The monoisotopic (exact) mass is 491 g/mol. The number of carbonyl (C=O) groups is 3. The second kappa shape index (κ2) is 7.81. The fourth-order valence-corrected chi connectivity index (χ4v) is 3.99. The normalized spacial score (nSPS) is 18.6. The van der Waals surface area contributed by atoms with Crippen LogP contribution in [-0.2, 0) is 9.59 Å². The summed E-state index contributed by atoms with van der Waals surface area (Å²) in [5.74, 6) is -1.40. The summed E-state index contributed by atoms with van der Waals surface area (Å²) in [7, 11) is 0. The van der Waals surface area contributed by atoms with Gasteiger partial charge in [-0.25, -0.2) is 4.90 Å². The molecule has 1 saturated carbocycles. The van der Waals surface area contributed by atoms with Gasteiger partial charge < -0.3 is 4.90 Å². The van der Waals surface area contributed by atoms with Gasteiger partial charge in [-0.1, -0.05) is 27.5 Å².